The summed E-state index contributed by atoms with van der Waals surface area (Å²) in [6.45, 7) is 0.826. The molecule has 24 heavy (non-hydrogen) atoms. The fraction of sp³-hybridized carbons (Fsp3) is 0.353. The van der Waals surface area contributed by atoms with E-state index in [9.17, 15) is 9.18 Å². The van der Waals surface area contributed by atoms with Gasteiger partial charge in [-0.25, -0.2) is 4.39 Å². The predicted molar refractivity (Wildman–Crippen MR) is 89.6 cm³/mol. The van der Waals surface area contributed by atoms with Crippen LogP contribution in [0.3, 0.4) is 0 Å². The van der Waals surface area contributed by atoms with Crippen molar-refractivity contribution in [2.24, 2.45) is 7.05 Å². The summed E-state index contributed by atoms with van der Waals surface area (Å²) >= 11 is 0. The summed E-state index contributed by atoms with van der Waals surface area (Å²) in [4.78, 5) is 21.8. The third-order valence-electron chi connectivity index (χ3n) is 4.60. The molecule has 1 aliphatic heterocycles. The molecule has 3 heterocycles. The molecule has 0 amide bonds. The second kappa shape index (κ2) is 5.74. The van der Waals surface area contributed by atoms with Crippen LogP contribution >= 0.6 is 0 Å². The molecule has 1 atom stereocenters. The number of halogens is 1. The number of aromatic nitrogens is 4. The zero-order chi connectivity index (χ0) is 16.7. The van der Waals surface area contributed by atoms with Crippen LogP contribution in [0.1, 0.15) is 18.4 Å². The van der Waals surface area contributed by atoms with E-state index in [1.165, 1.54) is 12.3 Å². The average molecular weight is 327 g/mol. The van der Waals surface area contributed by atoms with Crippen LogP contribution in [-0.4, -0.2) is 32.3 Å². The van der Waals surface area contributed by atoms with Crippen molar-refractivity contribution in [3.63, 3.8) is 0 Å². The maximum Gasteiger partial charge on any atom is 0.263 e. The molecule has 3 aromatic rings. The van der Waals surface area contributed by atoms with E-state index in [4.69, 9.17) is 0 Å². The molecule has 0 saturated carbocycles. The Morgan fingerprint density at radius 1 is 1.42 bits per heavy atom. The molecule has 1 saturated heterocycles. The van der Waals surface area contributed by atoms with Crippen molar-refractivity contribution < 1.29 is 4.39 Å². The number of benzene rings is 1. The zero-order valence-electron chi connectivity index (χ0n) is 13.4. The first-order valence-corrected chi connectivity index (χ1v) is 8.05. The topological polar surface area (TPSA) is 66.8 Å². The van der Waals surface area contributed by atoms with Crippen LogP contribution in [0.25, 0.3) is 11.0 Å². The van der Waals surface area contributed by atoms with E-state index in [-0.39, 0.29) is 17.4 Å². The molecule has 0 bridgehead atoms. The van der Waals surface area contributed by atoms with Crippen LogP contribution in [-0.2, 0) is 13.5 Å². The van der Waals surface area contributed by atoms with E-state index < -0.39 is 0 Å². The van der Waals surface area contributed by atoms with Crippen molar-refractivity contribution in [3.8, 4) is 0 Å². The van der Waals surface area contributed by atoms with Gasteiger partial charge in [0.1, 0.15) is 11.2 Å². The summed E-state index contributed by atoms with van der Waals surface area (Å²) in [6.07, 6.45) is 4.26. The van der Waals surface area contributed by atoms with Crippen LogP contribution in [0, 0.1) is 5.82 Å². The van der Waals surface area contributed by atoms with Gasteiger partial charge in [-0.2, -0.15) is 10.1 Å². The Labute approximate surface area is 137 Å². The molecule has 0 radical (unpaired) electrons. The minimum Gasteiger partial charge on any atom is -0.339 e. The van der Waals surface area contributed by atoms with E-state index in [0.29, 0.717) is 17.0 Å². The van der Waals surface area contributed by atoms with Crippen molar-refractivity contribution in [1.82, 2.24) is 19.7 Å². The highest BCUT2D eigenvalue weighted by molar-refractivity contribution is 5.74. The Morgan fingerprint density at radius 3 is 3.12 bits per heavy atom. The molecular formula is C17H18FN5O. The van der Waals surface area contributed by atoms with Gasteiger partial charge in [-0.1, -0.05) is 12.1 Å². The molecule has 124 valence electrons. The third kappa shape index (κ3) is 2.55. The number of fused-ring (bicyclic) bond motifs is 1. The van der Waals surface area contributed by atoms with Gasteiger partial charge < -0.3 is 4.90 Å². The average Bonchev–Trinajstić information content (AvgIpc) is 3.15. The van der Waals surface area contributed by atoms with Gasteiger partial charge in [0, 0.05) is 19.6 Å². The van der Waals surface area contributed by atoms with Gasteiger partial charge in [0.15, 0.2) is 5.65 Å². The quantitative estimate of drug-likeness (QED) is 0.799. The second-order valence-electron chi connectivity index (χ2n) is 6.22. The smallest absolute Gasteiger partial charge is 0.263 e. The standard InChI is InChI=1S/C17H18FN5O/c1-22-15-14(10-19-22)16(24)21-17(20-15)23-7-3-6-13(23)9-11-4-2-5-12(18)8-11/h2,4-5,8,10,13H,3,6-7,9H2,1H3,(H,20,21,24)/t13-/m0/s1. The summed E-state index contributed by atoms with van der Waals surface area (Å²) in [5.74, 6) is 0.342. The number of hydrogen-bond acceptors (Lipinski definition) is 4. The number of hydrogen-bond donors (Lipinski definition) is 1. The van der Waals surface area contributed by atoms with Crippen molar-refractivity contribution in [3.05, 3.63) is 52.2 Å². The van der Waals surface area contributed by atoms with Crippen molar-refractivity contribution in [2.75, 3.05) is 11.4 Å². The molecule has 6 nitrogen and oxygen atoms in total. The number of nitrogens with zero attached hydrogens (tertiary/aromatic N) is 4. The first-order valence-electron chi connectivity index (χ1n) is 8.05. The van der Waals surface area contributed by atoms with E-state index in [0.717, 1.165) is 31.4 Å². The molecule has 2 aromatic heterocycles. The molecule has 0 unspecified atom stereocenters. The number of H-pyrrole nitrogens is 1. The number of aromatic amines is 1. The van der Waals surface area contributed by atoms with Gasteiger partial charge in [-0.05, 0) is 37.0 Å². The van der Waals surface area contributed by atoms with Gasteiger partial charge in [-0.3, -0.25) is 14.5 Å². The monoisotopic (exact) mass is 327 g/mol. The zero-order valence-corrected chi connectivity index (χ0v) is 13.4. The normalized spacial score (nSPS) is 17.8. The van der Waals surface area contributed by atoms with Crippen molar-refractivity contribution in [2.45, 2.75) is 25.3 Å². The van der Waals surface area contributed by atoms with E-state index in [2.05, 4.69) is 20.0 Å². The third-order valence-corrected chi connectivity index (χ3v) is 4.60. The Hall–Kier alpha value is -2.70. The largest absolute Gasteiger partial charge is 0.339 e. The molecule has 1 aromatic carbocycles. The molecule has 7 heteroatoms. The predicted octanol–water partition coefficient (Wildman–Crippen LogP) is 2.01. The number of rotatable bonds is 3. The van der Waals surface area contributed by atoms with Gasteiger partial charge in [0.05, 0.1) is 6.20 Å². The van der Waals surface area contributed by atoms with Crippen LogP contribution in [0.2, 0.25) is 0 Å². The van der Waals surface area contributed by atoms with E-state index in [1.807, 2.05) is 6.07 Å². The first kappa shape index (κ1) is 14.9. The maximum absolute atomic E-state index is 13.4. The minimum absolute atomic E-state index is 0.181. The Bertz CT molecular complexity index is 948. The number of aryl methyl sites for hydroxylation is 1. The van der Waals surface area contributed by atoms with Crippen molar-refractivity contribution in [1.29, 1.82) is 0 Å². The number of anilines is 1. The molecule has 1 fully saturated rings. The van der Waals surface area contributed by atoms with Gasteiger partial charge in [0.25, 0.3) is 5.56 Å². The lowest BCUT2D eigenvalue weighted by Crippen LogP contribution is -2.34. The second-order valence-corrected chi connectivity index (χ2v) is 6.22. The molecule has 1 N–H and O–H groups in total. The molecule has 0 spiro atoms. The number of nitrogens with one attached hydrogen (secondary N) is 1. The summed E-state index contributed by atoms with van der Waals surface area (Å²) in [5.41, 5.74) is 1.35. The Morgan fingerprint density at radius 2 is 2.29 bits per heavy atom. The minimum atomic E-state index is -0.222. The fourth-order valence-electron chi connectivity index (χ4n) is 3.42. The van der Waals surface area contributed by atoms with E-state index in [1.54, 1.807) is 23.9 Å². The molecule has 4 rings (SSSR count). The summed E-state index contributed by atoms with van der Waals surface area (Å²) in [5, 5.41) is 4.58. The van der Waals surface area contributed by atoms with Gasteiger partial charge >= 0.3 is 0 Å². The summed E-state index contributed by atoms with van der Waals surface area (Å²) in [7, 11) is 1.77. The van der Waals surface area contributed by atoms with Crippen LogP contribution < -0.4 is 10.5 Å². The highest BCUT2D eigenvalue weighted by atomic mass is 19.1. The maximum atomic E-state index is 13.4. The SMILES string of the molecule is Cn1ncc2c(=O)[nH]c(N3CCC[C@H]3Cc3cccc(F)c3)nc21. The van der Waals surface area contributed by atoms with Crippen LogP contribution in [0.15, 0.2) is 35.3 Å². The van der Waals surface area contributed by atoms with Gasteiger partial charge in [-0.15, -0.1) is 0 Å². The fourth-order valence-corrected chi connectivity index (χ4v) is 3.42. The first-order chi connectivity index (χ1) is 11.6. The lowest BCUT2D eigenvalue weighted by molar-refractivity contribution is 0.616. The summed E-state index contributed by atoms with van der Waals surface area (Å²) in [6, 6.07) is 6.87. The van der Waals surface area contributed by atoms with Crippen LogP contribution in [0.4, 0.5) is 10.3 Å². The molecule has 1 aliphatic rings. The van der Waals surface area contributed by atoms with Gasteiger partial charge in [0.2, 0.25) is 5.95 Å². The molecular weight excluding hydrogens is 309 g/mol. The Kier molecular flexibility index (Phi) is 3.55. The Balaban J connectivity index is 1.67. The molecule has 0 aliphatic carbocycles. The highest BCUT2D eigenvalue weighted by Gasteiger charge is 2.27. The van der Waals surface area contributed by atoms with Crippen molar-refractivity contribution >= 4 is 17.0 Å². The lowest BCUT2D eigenvalue weighted by Gasteiger charge is -2.25. The summed E-state index contributed by atoms with van der Waals surface area (Å²) < 4.78 is 15.0. The van der Waals surface area contributed by atoms with Crippen LogP contribution in [0.5, 0.6) is 0 Å². The highest BCUT2D eigenvalue weighted by Crippen LogP contribution is 2.25. The lowest BCUT2D eigenvalue weighted by atomic mass is 10.0. The van der Waals surface area contributed by atoms with E-state index >= 15 is 0 Å².